The van der Waals surface area contributed by atoms with Crippen molar-refractivity contribution in [3.63, 3.8) is 0 Å². The van der Waals surface area contributed by atoms with Crippen molar-refractivity contribution in [2.75, 3.05) is 0 Å². The molecular weight excluding hydrogens is 344 g/mol. The van der Waals surface area contributed by atoms with E-state index in [1.54, 1.807) is 26.8 Å². The van der Waals surface area contributed by atoms with Gasteiger partial charge in [0.25, 0.3) is 5.91 Å². The standard InChI is InChI=1S/C17H24N2O5S/c1-10(2)18-16(20)12(4)24-17(21)15-9-14(8-5-11(15)3)25(22,23)19-13-6-7-13/h5,8-10,12-13,19H,6-7H2,1-4H3,(H,18,20). The van der Waals surface area contributed by atoms with Crippen molar-refractivity contribution >= 4 is 21.9 Å². The Morgan fingerprint density at radius 1 is 1.20 bits per heavy atom. The van der Waals surface area contributed by atoms with E-state index < -0.39 is 28.0 Å². The lowest BCUT2D eigenvalue weighted by Crippen LogP contribution is -2.39. The van der Waals surface area contributed by atoms with Crippen LogP contribution in [0.3, 0.4) is 0 Å². The highest BCUT2D eigenvalue weighted by atomic mass is 32.2. The van der Waals surface area contributed by atoms with Crippen LogP contribution in [-0.4, -0.2) is 38.5 Å². The molecule has 0 saturated heterocycles. The number of benzene rings is 1. The van der Waals surface area contributed by atoms with Crippen LogP contribution >= 0.6 is 0 Å². The molecule has 25 heavy (non-hydrogen) atoms. The molecule has 0 heterocycles. The van der Waals surface area contributed by atoms with Crippen LogP contribution in [0, 0.1) is 6.92 Å². The summed E-state index contributed by atoms with van der Waals surface area (Å²) in [6.45, 7) is 6.76. The summed E-state index contributed by atoms with van der Waals surface area (Å²) in [5.74, 6) is -1.13. The van der Waals surface area contributed by atoms with Gasteiger partial charge in [-0.1, -0.05) is 6.07 Å². The first-order valence-electron chi connectivity index (χ1n) is 8.24. The zero-order valence-corrected chi connectivity index (χ0v) is 15.6. The quantitative estimate of drug-likeness (QED) is 0.710. The van der Waals surface area contributed by atoms with Gasteiger partial charge in [0, 0.05) is 12.1 Å². The van der Waals surface area contributed by atoms with Gasteiger partial charge < -0.3 is 10.1 Å². The lowest BCUT2D eigenvalue weighted by molar-refractivity contribution is -0.129. The molecule has 1 aromatic carbocycles. The van der Waals surface area contributed by atoms with Gasteiger partial charge in [-0.25, -0.2) is 17.9 Å². The Labute approximate surface area is 148 Å². The number of carbonyl (C=O) groups excluding carboxylic acids is 2. The summed E-state index contributed by atoms with van der Waals surface area (Å²) in [5.41, 5.74) is 0.703. The minimum Gasteiger partial charge on any atom is -0.449 e. The lowest BCUT2D eigenvalue weighted by atomic mass is 10.1. The van der Waals surface area contributed by atoms with Crippen molar-refractivity contribution < 1.29 is 22.7 Å². The Balaban J connectivity index is 2.16. The number of sulfonamides is 1. The number of hydrogen-bond acceptors (Lipinski definition) is 5. The molecule has 0 aliphatic heterocycles. The van der Waals surface area contributed by atoms with Crippen LogP contribution in [0.25, 0.3) is 0 Å². The molecule has 8 heteroatoms. The first kappa shape index (κ1) is 19.4. The molecule has 0 spiro atoms. The summed E-state index contributed by atoms with van der Waals surface area (Å²) in [5, 5.41) is 2.66. The van der Waals surface area contributed by atoms with E-state index in [4.69, 9.17) is 4.74 Å². The van der Waals surface area contributed by atoms with E-state index in [2.05, 4.69) is 10.0 Å². The molecule has 1 aliphatic carbocycles. The molecule has 138 valence electrons. The predicted molar refractivity (Wildman–Crippen MR) is 92.7 cm³/mol. The van der Waals surface area contributed by atoms with E-state index in [-0.39, 0.29) is 22.5 Å². The van der Waals surface area contributed by atoms with E-state index in [9.17, 15) is 18.0 Å². The molecule has 1 saturated carbocycles. The van der Waals surface area contributed by atoms with E-state index >= 15 is 0 Å². The van der Waals surface area contributed by atoms with Crippen LogP contribution in [0.2, 0.25) is 0 Å². The molecule has 1 amide bonds. The Morgan fingerprint density at radius 2 is 1.84 bits per heavy atom. The van der Waals surface area contributed by atoms with Crippen molar-refractivity contribution in [3.8, 4) is 0 Å². The number of aryl methyl sites for hydroxylation is 1. The molecule has 0 bridgehead atoms. The van der Waals surface area contributed by atoms with E-state index in [0.717, 1.165) is 12.8 Å². The maximum absolute atomic E-state index is 12.4. The zero-order valence-electron chi connectivity index (χ0n) is 14.8. The van der Waals surface area contributed by atoms with Gasteiger partial charge in [-0.15, -0.1) is 0 Å². The Hall–Kier alpha value is -1.93. The smallest absolute Gasteiger partial charge is 0.339 e. The Morgan fingerprint density at radius 3 is 2.40 bits per heavy atom. The van der Waals surface area contributed by atoms with Crippen molar-refractivity contribution in [2.24, 2.45) is 0 Å². The number of hydrogen-bond donors (Lipinski definition) is 2. The lowest BCUT2D eigenvalue weighted by Gasteiger charge is -2.16. The first-order chi connectivity index (χ1) is 11.6. The zero-order chi connectivity index (χ0) is 18.8. The highest BCUT2D eigenvalue weighted by molar-refractivity contribution is 7.89. The second-order valence-corrected chi connectivity index (χ2v) is 8.30. The molecule has 7 nitrogen and oxygen atoms in total. The van der Waals surface area contributed by atoms with E-state index in [1.807, 2.05) is 0 Å². The second-order valence-electron chi connectivity index (χ2n) is 6.58. The highest BCUT2D eigenvalue weighted by Gasteiger charge is 2.29. The fourth-order valence-corrected chi connectivity index (χ4v) is 3.49. The van der Waals surface area contributed by atoms with Gasteiger partial charge in [0.05, 0.1) is 10.5 Å². The van der Waals surface area contributed by atoms with Crippen LogP contribution in [0.4, 0.5) is 0 Å². The van der Waals surface area contributed by atoms with Crippen molar-refractivity contribution in [1.82, 2.24) is 10.0 Å². The third kappa shape index (κ3) is 5.27. The summed E-state index contributed by atoms with van der Waals surface area (Å²) in [7, 11) is -3.67. The fraction of sp³-hybridized carbons (Fsp3) is 0.529. The van der Waals surface area contributed by atoms with Crippen molar-refractivity contribution in [3.05, 3.63) is 29.3 Å². The minimum atomic E-state index is -3.67. The Kier molecular flexibility index (Phi) is 5.84. The van der Waals surface area contributed by atoms with Gasteiger partial charge in [-0.05, 0) is 58.2 Å². The number of ether oxygens (including phenoxy) is 1. The summed E-state index contributed by atoms with van der Waals surface area (Å²) in [4.78, 5) is 24.2. The first-order valence-corrected chi connectivity index (χ1v) is 9.73. The Bertz CT molecular complexity index is 769. The summed E-state index contributed by atoms with van der Waals surface area (Å²) >= 11 is 0. The number of nitrogens with one attached hydrogen (secondary N) is 2. The monoisotopic (exact) mass is 368 g/mol. The molecule has 0 radical (unpaired) electrons. The number of esters is 1. The maximum Gasteiger partial charge on any atom is 0.339 e. The van der Waals surface area contributed by atoms with Gasteiger partial charge in [0.1, 0.15) is 0 Å². The molecule has 1 atom stereocenters. The van der Waals surface area contributed by atoms with Crippen LogP contribution in [0.5, 0.6) is 0 Å². The fourth-order valence-electron chi connectivity index (χ4n) is 2.16. The van der Waals surface area contributed by atoms with Gasteiger partial charge in [-0.2, -0.15) is 0 Å². The van der Waals surface area contributed by atoms with Crippen LogP contribution in [-0.2, 0) is 19.6 Å². The highest BCUT2D eigenvalue weighted by Crippen LogP contribution is 2.23. The summed E-state index contributed by atoms with van der Waals surface area (Å²) in [6, 6.07) is 4.19. The number of carbonyl (C=O) groups is 2. The molecule has 1 aromatic rings. The minimum absolute atomic E-state index is 0.0104. The third-order valence-electron chi connectivity index (χ3n) is 3.72. The van der Waals surface area contributed by atoms with Crippen LogP contribution in [0.1, 0.15) is 49.5 Å². The van der Waals surface area contributed by atoms with Gasteiger partial charge in [-0.3, -0.25) is 4.79 Å². The number of rotatable bonds is 7. The van der Waals surface area contributed by atoms with E-state index in [0.29, 0.717) is 5.56 Å². The van der Waals surface area contributed by atoms with E-state index in [1.165, 1.54) is 19.1 Å². The molecule has 2 rings (SSSR count). The van der Waals surface area contributed by atoms with Gasteiger partial charge in [0.2, 0.25) is 10.0 Å². The molecule has 2 N–H and O–H groups in total. The molecule has 0 aromatic heterocycles. The summed E-state index contributed by atoms with van der Waals surface area (Å²) < 4.78 is 32.3. The summed E-state index contributed by atoms with van der Waals surface area (Å²) in [6.07, 6.45) is 0.671. The molecular formula is C17H24N2O5S. The number of amides is 1. The average molecular weight is 368 g/mol. The largest absolute Gasteiger partial charge is 0.449 e. The maximum atomic E-state index is 12.4. The second kappa shape index (κ2) is 7.53. The topological polar surface area (TPSA) is 102 Å². The molecule has 1 unspecified atom stereocenters. The molecule has 1 fully saturated rings. The van der Waals surface area contributed by atoms with Crippen molar-refractivity contribution in [1.29, 1.82) is 0 Å². The predicted octanol–water partition coefficient (Wildman–Crippen LogP) is 1.51. The van der Waals surface area contributed by atoms with Gasteiger partial charge >= 0.3 is 5.97 Å². The third-order valence-corrected chi connectivity index (χ3v) is 5.24. The van der Waals surface area contributed by atoms with Crippen LogP contribution in [0.15, 0.2) is 23.1 Å². The van der Waals surface area contributed by atoms with Crippen LogP contribution < -0.4 is 10.0 Å². The SMILES string of the molecule is Cc1ccc(S(=O)(=O)NC2CC2)cc1C(=O)OC(C)C(=O)NC(C)C. The normalized spacial score (nSPS) is 15.7. The van der Waals surface area contributed by atoms with Crippen molar-refractivity contribution in [2.45, 2.75) is 63.6 Å². The van der Waals surface area contributed by atoms with Gasteiger partial charge in [0.15, 0.2) is 6.10 Å². The molecule has 1 aliphatic rings. The average Bonchev–Trinajstić information content (AvgIpc) is 3.29.